The van der Waals surface area contributed by atoms with Gasteiger partial charge in [-0.3, -0.25) is 0 Å². The smallest absolute Gasteiger partial charge is 0.339 e. The van der Waals surface area contributed by atoms with Crippen LogP contribution in [0.1, 0.15) is 31.8 Å². The molecule has 0 fully saturated rings. The molecule has 1 rings (SSSR count). The van der Waals surface area contributed by atoms with E-state index in [2.05, 4.69) is 4.74 Å². The molecule has 1 aromatic carbocycles. The summed E-state index contributed by atoms with van der Waals surface area (Å²) in [5.41, 5.74) is 1.22. The van der Waals surface area contributed by atoms with Gasteiger partial charge in [0.05, 0.1) is 19.8 Å². The van der Waals surface area contributed by atoms with Crippen LogP contribution in [-0.4, -0.2) is 31.3 Å². The van der Waals surface area contributed by atoms with Crippen LogP contribution in [-0.2, 0) is 4.74 Å². The van der Waals surface area contributed by atoms with Crippen molar-refractivity contribution in [1.82, 2.24) is 0 Å². The minimum atomic E-state index is -1.13. The SMILES string of the molecule is COC(=O)c1c(C)cc(OC)c(C(=O)O)c1C. The minimum Gasteiger partial charge on any atom is -0.496 e. The number of carbonyl (C=O) groups is 2. The largest absolute Gasteiger partial charge is 0.496 e. The molecule has 0 aromatic heterocycles. The molecule has 0 aliphatic heterocycles. The standard InChI is InChI=1S/C12H14O5/c1-6-5-8(16-3)10(11(13)14)7(2)9(6)12(15)17-4/h5H,1-4H3,(H,13,14). The predicted molar refractivity (Wildman–Crippen MR) is 60.8 cm³/mol. The molecule has 0 heterocycles. The second-order valence-electron chi connectivity index (χ2n) is 3.57. The molecule has 0 spiro atoms. The van der Waals surface area contributed by atoms with Crippen molar-refractivity contribution in [2.45, 2.75) is 13.8 Å². The summed E-state index contributed by atoms with van der Waals surface area (Å²) in [6, 6.07) is 1.52. The van der Waals surface area contributed by atoms with Crippen LogP contribution in [0.4, 0.5) is 0 Å². The van der Waals surface area contributed by atoms with E-state index < -0.39 is 11.9 Å². The molecule has 5 heteroatoms. The average molecular weight is 238 g/mol. The highest BCUT2D eigenvalue weighted by molar-refractivity contribution is 6.00. The van der Waals surface area contributed by atoms with Crippen molar-refractivity contribution in [3.05, 3.63) is 28.3 Å². The highest BCUT2D eigenvalue weighted by Crippen LogP contribution is 2.28. The Kier molecular flexibility index (Phi) is 3.73. The molecule has 92 valence electrons. The maximum Gasteiger partial charge on any atom is 0.339 e. The third-order valence-electron chi connectivity index (χ3n) is 2.56. The van der Waals surface area contributed by atoms with Gasteiger partial charge in [0, 0.05) is 0 Å². The van der Waals surface area contributed by atoms with Gasteiger partial charge in [-0.05, 0) is 31.0 Å². The third-order valence-corrected chi connectivity index (χ3v) is 2.56. The molecule has 1 N–H and O–H groups in total. The molecule has 1 aromatic rings. The van der Waals surface area contributed by atoms with Gasteiger partial charge in [0.15, 0.2) is 0 Å². The zero-order valence-electron chi connectivity index (χ0n) is 10.2. The van der Waals surface area contributed by atoms with Crippen molar-refractivity contribution in [2.24, 2.45) is 0 Å². The van der Waals surface area contributed by atoms with E-state index in [1.54, 1.807) is 13.8 Å². The van der Waals surface area contributed by atoms with E-state index in [1.165, 1.54) is 20.3 Å². The Hall–Kier alpha value is -2.04. The van der Waals surface area contributed by atoms with E-state index in [0.29, 0.717) is 11.1 Å². The second kappa shape index (κ2) is 4.86. The monoisotopic (exact) mass is 238 g/mol. The van der Waals surface area contributed by atoms with Crippen molar-refractivity contribution in [3.8, 4) is 5.75 Å². The number of aromatic carboxylic acids is 1. The fourth-order valence-electron chi connectivity index (χ4n) is 1.79. The van der Waals surface area contributed by atoms with E-state index in [4.69, 9.17) is 9.84 Å². The summed E-state index contributed by atoms with van der Waals surface area (Å²) >= 11 is 0. The lowest BCUT2D eigenvalue weighted by atomic mass is 9.96. The minimum absolute atomic E-state index is 0.0153. The Morgan fingerprint density at radius 1 is 1.18 bits per heavy atom. The fourth-order valence-corrected chi connectivity index (χ4v) is 1.79. The van der Waals surface area contributed by atoms with E-state index in [0.717, 1.165) is 0 Å². The molecule has 0 bridgehead atoms. The lowest BCUT2D eigenvalue weighted by Crippen LogP contribution is -2.12. The summed E-state index contributed by atoms with van der Waals surface area (Å²) in [7, 11) is 2.64. The normalized spacial score (nSPS) is 9.88. The molecule has 0 radical (unpaired) electrons. The van der Waals surface area contributed by atoms with E-state index in [9.17, 15) is 9.59 Å². The van der Waals surface area contributed by atoms with Crippen LogP contribution >= 0.6 is 0 Å². The number of esters is 1. The number of hydrogen-bond donors (Lipinski definition) is 1. The molecule has 0 saturated heterocycles. The van der Waals surface area contributed by atoms with E-state index in [-0.39, 0.29) is 16.9 Å². The molecule has 0 saturated carbocycles. The van der Waals surface area contributed by atoms with Gasteiger partial charge in [0.25, 0.3) is 0 Å². The Morgan fingerprint density at radius 2 is 1.76 bits per heavy atom. The van der Waals surface area contributed by atoms with Gasteiger partial charge in [0.2, 0.25) is 0 Å². The van der Waals surface area contributed by atoms with Crippen LogP contribution in [0.5, 0.6) is 5.75 Å². The lowest BCUT2D eigenvalue weighted by molar-refractivity contribution is 0.0599. The van der Waals surface area contributed by atoms with Crippen LogP contribution in [0.25, 0.3) is 0 Å². The molecule has 17 heavy (non-hydrogen) atoms. The molecule has 0 atom stereocenters. The zero-order chi connectivity index (χ0) is 13.2. The molecular weight excluding hydrogens is 224 g/mol. The van der Waals surface area contributed by atoms with Crippen molar-refractivity contribution in [1.29, 1.82) is 0 Å². The molecule has 0 unspecified atom stereocenters. The Labute approximate surface area is 99.0 Å². The van der Waals surface area contributed by atoms with Gasteiger partial charge in [-0.15, -0.1) is 0 Å². The Bertz CT molecular complexity index is 476. The summed E-state index contributed by atoms with van der Waals surface area (Å²) < 4.78 is 9.64. The number of rotatable bonds is 3. The first-order valence-electron chi connectivity index (χ1n) is 4.93. The maximum absolute atomic E-state index is 11.6. The van der Waals surface area contributed by atoms with Crippen molar-refractivity contribution < 1.29 is 24.2 Å². The van der Waals surface area contributed by atoms with Gasteiger partial charge < -0.3 is 14.6 Å². The van der Waals surface area contributed by atoms with Crippen LogP contribution < -0.4 is 4.74 Å². The number of carbonyl (C=O) groups excluding carboxylic acids is 1. The fraction of sp³-hybridized carbons (Fsp3) is 0.333. The first-order chi connectivity index (χ1) is 7.93. The number of benzene rings is 1. The summed E-state index contributed by atoms with van der Waals surface area (Å²) in [5, 5.41) is 9.12. The molecule has 0 amide bonds. The van der Waals surface area contributed by atoms with Crippen LogP contribution in [0.15, 0.2) is 6.07 Å². The van der Waals surface area contributed by atoms with Gasteiger partial charge in [0.1, 0.15) is 11.3 Å². The molecule has 0 aliphatic carbocycles. The first-order valence-corrected chi connectivity index (χ1v) is 4.93. The Balaban J connectivity index is 3.60. The number of carboxylic acids is 1. The summed E-state index contributed by atoms with van der Waals surface area (Å²) in [6.45, 7) is 3.26. The number of carboxylic acid groups (broad SMARTS) is 1. The van der Waals surface area contributed by atoms with Gasteiger partial charge in [-0.25, -0.2) is 9.59 Å². The number of methoxy groups -OCH3 is 2. The highest BCUT2D eigenvalue weighted by Gasteiger charge is 2.23. The van der Waals surface area contributed by atoms with Crippen molar-refractivity contribution >= 4 is 11.9 Å². The van der Waals surface area contributed by atoms with Crippen LogP contribution in [0, 0.1) is 13.8 Å². The summed E-state index contributed by atoms with van der Waals surface area (Å²) in [5.74, 6) is -1.45. The van der Waals surface area contributed by atoms with E-state index in [1.807, 2.05) is 0 Å². The topological polar surface area (TPSA) is 72.8 Å². The zero-order valence-corrected chi connectivity index (χ0v) is 10.2. The average Bonchev–Trinajstić information content (AvgIpc) is 2.26. The number of hydrogen-bond acceptors (Lipinski definition) is 4. The number of aryl methyl sites for hydroxylation is 1. The quantitative estimate of drug-likeness (QED) is 0.813. The van der Waals surface area contributed by atoms with Gasteiger partial charge in [-0.2, -0.15) is 0 Å². The van der Waals surface area contributed by atoms with Crippen LogP contribution in [0.2, 0.25) is 0 Å². The maximum atomic E-state index is 11.6. The van der Waals surface area contributed by atoms with Gasteiger partial charge in [-0.1, -0.05) is 0 Å². The predicted octanol–water partition coefficient (Wildman–Crippen LogP) is 1.80. The highest BCUT2D eigenvalue weighted by atomic mass is 16.5. The Morgan fingerprint density at radius 3 is 2.18 bits per heavy atom. The first kappa shape index (κ1) is 13.0. The van der Waals surface area contributed by atoms with E-state index >= 15 is 0 Å². The van der Waals surface area contributed by atoms with Crippen molar-refractivity contribution in [2.75, 3.05) is 14.2 Å². The molecule has 0 aliphatic rings. The van der Waals surface area contributed by atoms with Crippen LogP contribution in [0.3, 0.4) is 0 Å². The van der Waals surface area contributed by atoms with Gasteiger partial charge >= 0.3 is 11.9 Å². The number of ether oxygens (including phenoxy) is 2. The third kappa shape index (κ3) is 2.22. The summed E-state index contributed by atoms with van der Waals surface area (Å²) in [4.78, 5) is 22.7. The second-order valence-corrected chi connectivity index (χ2v) is 3.57. The summed E-state index contributed by atoms with van der Waals surface area (Å²) in [6.07, 6.45) is 0. The molecule has 5 nitrogen and oxygen atoms in total. The lowest BCUT2D eigenvalue weighted by Gasteiger charge is -2.14. The van der Waals surface area contributed by atoms with Crippen molar-refractivity contribution in [3.63, 3.8) is 0 Å². The molecular formula is C12H14O5.